The maximum Gasteiger partial charge on any atom is 0.270 e. The van der Waals surface area contributed by atoms with Crippen LogP contribution < -0.4 is 15.4 Å². The lowest BCUT2D eigenvalue weighted by Gasteiger charge is -2.24. The van der Waals surface area contributed by atoms with Gasteiger partial charge in [0.1, 0.15) is 0 Å². The normalized spacial score (nSPS) is 16.3. The zero-order valence-corrected chi connectivity index (χ0v) is 15.6. The van der Waals surface area contributed by atoms with E-state index in [-0.39, 0.29) is 17.1 Å². The van der Waals surface area contributed by atoms with E-state index in [4.69, 9.17) is 0 Å². The second-order valence-electron chi connectivity index (χ2n) is 6.13. The molecule has 26 heavy (non-hydrogen) atoms. The van der Waals surface area contributed by atoms with Gasteiger partial charge in [-0.25, -0.2) is 13.1 Å². The van der Waals surface area contributed by atoms with Crippen LogP contribution >= 0.6 is 0 Å². The van der Waals surface area contributed by atoms with Gasteiger partial charge in [-0.05, 0) is 18.9 Å². The highest BCUT2D eigenvalue weighted by Gasteiger charge is 2.17. The average Bonchev–Trinajstić information content (AvgIpc) is 2.65. The Labute approximate surface area is 153 Å². The Morgan fingerprint density at radius 1 is 1.27 bits per heavy atom. The van der Waals surface area contributed by atoms with Gasteiger partial charge in [0, 0.05) is 38.3 Å². The van der Waals surface area contributed by atoms with E-state index in [0.29, 0.717) is 18.5 Å². The van der Waals surface area contributed by atoms with Gasteiger partial charge >= 0.3 is 0 Å². The summed E-state index contributed by atoms with van der Waals surface area (Å²) in [5.41, 5.74) is -0.261. The minimum atomic E-state index is -3.80. The number of non-ortho nitro benzene ring substituents is 1. The molecule has 10 heteroatoms. The number of nitrogens with zero attached hydrogens (tertiary/aromatic N) is 2. The SMILES string of the molecule is CN=C(NCCNS(=O)(=O)c1cccc([N+](=O)[O-])c1)NC1CCCCC1. The summed E-state index contributed by atoms with van der Waals surface area (Å²) in [5.74, 6) is 0.645. The molecular formula is C16H25N5O4S. The standard InChI is InChI=1S/C16H25N5O4S/c1-17-16(20-13-6-3-2-4-7-13)18-10-11-19-26(24,25)15-9-5-8-14(12-15)21(22)23/h5,8-9,12-13,19H,2-4,6-7,10-11H2,1H3,(H2,17,18,20). The number of hydrogen-bond acceptors (Lipinski definition) is 5. The van der Waals surface area contributed by atoms with Gasteiger partial charge in [-0.1, -0.05) is 25.3 Å². The third-order valence-corrected chi connectivity index (χ3v) is 5.68. The van der Waals surface area contributed by atoms with E-state index < -0.39 is 14.9 Å². The fourth-order valence-electron chi connectivity index (χ4n) is 2.85. The topological polar surface area (TPSA) is 126 Å². The molecule has 0 spiro atoms. The molecule has 144 valence electrons. The van der Waals surface area contributed by atoms with Crippen LogP contribution in [0.5, 0.6) is 0 Å². The number of nitro groups is 1. The van der Waals surface area contributed by atoms with Crippen molar-refractivity contribution in [3.05, 3.63) is 34.4 Å². The van der Waals surface area contributed by atoms with Gasteiger partial charge in [-0.3, -0.25) is 15.1 Å². The first-order valence-corrected chi connectivity index (χ1v) is 10.1. The van der Waals surface area contributed by atoms with Gasteiger partial charge in [-0.15, -0.1) is 0 Å². The van der Waals surface area contributed by atoms with Crippen molar-refractivity contribution in [3.63, 3.8) is 0 Å². The van der Waals surface area contributed by atoms with Crippen LogP contribution in [0.2, 0.25) is 0 Å². The molecule has 9 nitrogen and oxygen atoms in total. The smallest absolute Gasteiger partial charge is 0.270 e. The highest BCUT2D eigenvalue weighted by atomic mass is 32.2. The van der Waals surface area contributed by atoms with Crippen LogP contribution in [0, 0.1) is 10.1 Å². The monoisotopic (exact) mass is 383 g/mol. The molecule has 0 aromatic heterocycles. The lowest BCUT2D eigenvalue weighted by molar-refractivity contribution is -0.385. The maximum absolute atomic E-state index is 12.2. The third kappa shape index (κ3) is 5.95. The molecule has 1 saturated carbocycles. The number of aliphatic imine (C=N–C) groups is 1. The van der Waals surface area contributed by atoms with E-state index in [9.17, 15) is 18.5 Å². The third-order valence-electron chi connectivity index (χ3n) is 4.22. The van der Waals surface area contributed by atoms with Gasteiger partial charge in [0.25, 0.3) is 5.69 Å². The Balaban J connectivity index is 1.82. The van der Waals surface area contributed by atoms with Crippen LogP contribution in [0.25, 0.3) is 0 Å². The molecule has 1 aromatic rings. The van der Waals surface area contributed by atoms with E-state index in [0.717, 1.165) is 18.9 Å². The quantitative estimate of drug-likeness (QED) is 0.215. The fraction of sp³-hybridized carbons (Fsp3) is 0.562. The van der Waals surface area contributed by atoms with E-state index in [1.54, 1.807) is 7.05 Å². The van der Waals surface area contributed by atoms with E-state index in [1.165, 1.54) is 37.5 Å². The molecule has 0 amide bonds. The highest BCUT2D eigenvalue weighted by molar-refractivity contribution is 7.89. The Morgan fingerprint density at radius 2 is 2.00 bits per heavy atom. The molecule has 0 aliphatic heterocycles. The molecule has 0 bridgehead atoms. The number of nitrogens with one attached hydrogen (secondary N) is 3. The molecule has 0 heterocycles. The predicted molar refractivity (Wildman–Crippen MR) is 99.7 cm³/mol. The molecule has 0 radical (unpaired) electrons. The Morgan fingerprint density at radius 3 is 2.65 bits per heavy atom. The molecule has 1 aliphatic carbocycles. The van der Waals surface area contributed by atoms with Crippen molar-refractivity contribution in [2.45, 2.75) is 43.0 Å². The molecule has 0 saturated heterocycles. The number of sulfonamides is 1. The van der Waals surface area contributed by atoms with Crippen LogP contribution in [-0.4, -0.2) is 45.5 Å². The number of hydrogen-bond donors (Lipinski definition) is 3. The van der Waals surface area contributed by atoms with E-state index >= 15 is 0 Å². The lowest BCUT2D eigenvalue weighted by atomic mass is 9.96. The lowest BCUT2D eigenvalue weighted by Crippen LogP contribution is -2.46. The Bertz CT molecular complexity index is 745. The molecule has 0 unspecified atom stereocenters. The Hall–Kier alpha value is -2.20. The van der Waals surface area contributed by atoms with E-state index in [1.807, 2.05) is 0 Å². The largest absolute Gasteiger partial charge is 0.355 e. The minimum absolute atomic E-state index is 0.128. The summed E-state index contributed by atoms with van der Waals surface area (Å²) < 4.78 is 26.9. The minimum Gasteiger partial charge on any atom is -0.355 e. The summed E-state index contributed by atoms with van der Waals surface area (Å²) >= 11 is 0. The Kier molecular flexibility index (Phi) is 7.34. The number of rotatable bonds is 7. The second kappa shape index (κ2) is 9.48. The van der Waals surface area contributed by atoms with Crippen molar-refractivity contribution in [2.24, 2.45) is 4.99 Å². The summed E-state index contributed by atoms with van der Waals surface area (Å²) in [4.78, 5) is 14.2. The van der Waals surface area contributed by atoms with Crippen LogP contribution in [0.3, 0.4) is 0 Å². The molecule has 2 rings (SSSR count). The predicted octanol–water partition coefficient (Wildman–Crippen LogP) is 1.37. The van der Waals surface area contributed by atoms with Gasteiger partial charge in [0.15, 0.2) is 5.96 Å². The molecule has 1 aliphatic rings. The molecule has 3 N–H and O–H groups in total. The average molecular weight is 383 g/mol. The number of guanidine groups is 1. The molecular weight excluding hydrogens is 358 g/mol. The summed E-state index contributed by atoms with van der Waals surface area (Å²) in [7, 11) is -2.13. The van der Waals surface area contributed by atoms with Crippen LogP contribution in [0.1, 0.15) is 32.1 Å². The van der Waals surface area contributed by atoms with Crippen LogP contribution in [-0.2, 0) is 10.0 Å². The van der Waals surface area contributed by atoms with Crippen molar-refractivity contribution in [2.75, 3.05) is 20.1 Å². The van der Waals surface area contributed by atoms with Crippen molar-refractivity contribution in [3.8, 4) is 0 Å². The highest BCUT2D eigenvalue weighted by Crippen LogP contribution is 2.17. The summed E-state index contributed by atoms with van der Waals surface area (Å²) in [5, 5.41) is 17.2. The first kappa shape index (κ1) is 20.1. The number of benzene rings is 1. The first-order chi connectivity index (χ1) is 12.4. The van der Waals surface area contributed by atoms with Gasteiger partial charge < -0.3 is 10.6 Å². The van der Waals surface area contributed by atoms with E-state index in [2.05, 4.69) is 20.3 Å². The summed E-state index contributed by atoms with van der Waals surface area (Å²) in [6, 6.07) is 5.37. The fourth-order valence-corrected chi connectivity index (χ4v) is 3.92. The molecule has 1 fully saturated rings. The molecule has 0 atom stereocenters. The number of nitro benzene ring substituents is 1. The zero-order valence-electron chi connectivity index (χ0n) is 14.8. The van der Waals surface area contributed by atoms with Crippen molar-refractivity contribution < 1.29 is 13.3 Å². The van der Waals surface area contributed by atoms with Crippen molar-refractivity contribution in [1.82, 2.24) is 15.4 Å². The van der Waals surface area contributed by atoms with Crippen molar-refractivity contribution in [1.29, 1.82) is 0 Å². The van der Waals surface area contributed by atoms with Gasteiger partial charge in [-0.2, -0.15) is 0 Å². The molecule has 1 aromatic carbocycles. The van der Waals surface area contributed by atoms with Crippen molar-refractivity contribution >= 4 is 21.7 Å². The van der Waals surface area contributed by atoms with Crippen LogP contribution in [0.15, 0.2) is 34.2 Å². The maximum atomic E-state index is 12.2. The van der Waals surface area contributed by atoms with Gasteiger partial charge in [0.05, 0.1) is 9.82 Å². The van der Waals surface area contributed by atoms with Gasteiger partial charge in [0.2, 0.25) is 10.0 Å². The van der Waals surface area contributed by atoms with Crippen LogP contribution in [0.4, 0.5) is 5.69 Å². The summed E-state index contributed by atoms with van der Waals surface area (Å²) in [6.45, 7) is 0.483. The second-order valence-corrected chi connectivity index (χ2v) is 7.90. The summed E-state index contributed by atoms with van der Waals surface area (Å²) in [6.07, 6.45) is 5.90. The zero-order chi connectivity index (χ0) is 19.0. The first-order valence-electron chi connectivity index (χ1n) is 8.63.